The average Bonchev–Trinajstić information content (AvgIpc) is 3.04. The summed E-state index contributed by atoms with van der Waals surface area (Å²) in [6, 6.07) is 21.0. The number of rotatable bonds is 9. The highest BCUT2D eigenvalue weighted by molar-refractivity contribution is 7.98. The zero-order chi connectivity index (χ0) is 33.3. The first-order chi connectivity index (χ1) is 21.9. The van der Waals surface area contributed by atoms with E-state index in [1.807, 2.05) is 30.7 Å². The number of carboxylic acids is 1. The van der Waals surface area contributed by atoms with Crippen molar-refractivity contribution in [2.24, 2.45) is 11.7 Å². The number of likely N-dealkylation sites (tertiary alicyclic amines) is 1. The van der Waals surface area contributed by atoms with E-state index in [1.54, 1.807) is 0 Å². The fourth-order valence-electron chi connectivity index (χ4n) is 4.94. The Balaban J connectivity index is 0.000000617. The SMILES string of the molecule is CSc1ncc2cc(-c3ccccc3)c(-c3ccc(CN4CCC(C(=O)NCCC(N)=O)CC4)cc3)nc2n1.O=C(O)C(F)(F)F. The van der Waals surface area contributed by atoms with Crippen molar-refractivity contribution in [1.82, 2.24) is 25.2 Å². The monoisotopic (exact) mass is 654 g/mol. The van der Waals surface area contributed by atoms with Crippen molar-refractivity contribution in [3.05, 3.63) is 72.4 Å². The molecule has 2 aromatic carbocycles. The fraction of sp³-hybridized carbons (Fsp3) is 0.312. The van der Waals surface area contributed by atoms with E-state index in [0.717, 1.165) is 60.2 Å². The molecule has 1 saturated heterocycles. The number of alkyl halides is 3. The maximum Gasteiger partial charge on any atom is 0.490 e. The topological polar surface area (TPSA) is 151 Å². The highest BCUT2D eigenvalue weighted by Crippen LogP contribution is 2.33. The molecule has 0 atom stereocenters. The molecule has 4 N–H and O–H groups in total. The number of primary amides is 1. The first-order valence-corrected chi connectivity index (χ1v) is 15.6. The van der Waals surface area contributed by atoms with E-state index < -0.39 is 18.1 Å². The number of nitrogens with two attached hydrogens (primary N) is 1. The summed E-state index contributed by atoms with van der Waals surface area (Å²) in [6.07, 6.45) is 0.510. The van der Waals surface area contributed by atoms with E-state index >= 15 is 0 Å². The third kappa shape index (κ3) is 9.47. The minimum atomic E-state index is -5.08. The molecule has 3 heterocycles. The van der Waals surface area contributed by atoms with Gasteiger partial charge in [-0.1, -0.05) is 66.4 Å². The summed E-state index contributed by atoms with van der Waals surface area (Å²) in [7, 11) is 0. The van der Waals surface area contributed by atoms with Gasteiger partial charge in [-0.15, -0.1) is 0 Å². The van der Waals surface area contributed by atoms with Crippen molar-refractivity contribution < 1.29 is 32.7 Å². The van der Waals surface area contributed by atoms with Crippen LogP contribution in [0.1, 0.15) is 24.8 Å². The zero-order valence-electron chi connectivity index (χ0n) is 25.0. The standard InChI is InChI=1S/C30H32N6O2S.C2HF3O2/c1-39-30-33-18-24-17-25(21-5-3-2-4-6-21)27(34-28(24)35-30)22-9-7-20(8-10-22)19-36-15-12-23(13-16-36)29(38)32-14-11-26(31)37;3-2(4,5)1(6)7/h2-10,17-18,23H,11-16,19H2,1H3,(H2,31,37)(H,32,38);(H,6,7). The largest absolute Gasteiger partial charge is 0.490 e. The molecule has 0 spiro atoms. The second-order valence-corrected chi connectivity index (χ2v) is 11.4. The molecule has 0 bridgehead atoms. The zero-order valence-corrected chi connectivity index (χ0v) is 25.8. The number of hydrogen-bond donors (Lipinski definition) is 3. The van der Waals surface area contributed by atoms with E-state index in [4.69, 9.17) is 20.6 Å². The second kappa shape index (κ2) is 15.6. The molecule has 1 aliphatic heterocycles. The van der Waals surface area contributed by atoms with Crippen molar-refractivity contribution in [3.63, 3.8) is 0 Å². The molecule has 1 aliphatic rings. The third-order valence-electron chi connectivity index (χ3n) is 7.32. The average molecular weight is 655 g/mol. The van der Waals surface area contributed by atoms with Crippen molar-refractivity contribution >= 4 is 40.6 Å². The molecule has 0 aliphatic carbocycles. The molecule has 242 valence electrons. The number of benzene rings is 2. The van der Waals surface area contributed by atoms with Crippen molar-refractivity contribution in [2.45, 2.75) is 37.1 Å². The number of pyridine rings is 1. The summed E-state index contributed by atoms with van der Waals surface area (Å²) >= 11 is 1.50. The molecule has 0 radical (unpaired) electrons. The third-order valence-corrected chi connectivity index (χ3v) is 7.88. The van der Waals surface area contributed by atoms with E-state index in [1.165, 1.54) is 17.3 Å². The van der Waals surface area contributed by atoms with Gasteiger partial charge in [-0.25, -0.2) is 19.7 Å². The number of carbonyl (C=O) groups excluding carboxylic acids is 2. The van der Waals surface area contributed by atoms with Gasteiger partial charge in [-0.2, -0.15) is 13.2 Å². The Morgan fingerprint density at radius 1 is 1.02 bits per heavy atom. The van der Waals surface area contributed by atoms with Gasteiger partial charge in [0.05, 0.1) is 5.69 Å². The Labute approximate surface area is 267 Å². The number of piperidine rings is 1. The van der Waals surface area contributed by atoms with Gasteiger partial charge in [0.25, 0.3) is 0 Å². The number of aliphatic carboxylic acids is 1. The van der Waals surface area contributed by atoms with E-state index in [9.17, 15) is 22.8 Å². The molecule has 1 fully saturated rings. The lowest BCUT2D eigenvalue weighted by molar-refractivity contribution is -0.192. The Morgan fingerprint density at radius 3 is 2.26 bits per heavy atom. The summed E-state index contributed by atoms with van der Waals surface area (Å²) in [5.74, 6) is -3.15. The Hall–Kier alpha value is -4.56. The van der Waals surface area contributed by atoms with E-state index in [0.29, 0.717) is 17.3 Å². The van der Waals surface area contributed by atoms with Gasteiger partial charge in [0.1, 0.15) is 0 Å². The predicted octanol–water partition coefficient (Wildman–Crippen LogP) is 4.92. The summed E-state index contributed by atoms with van der Waals surface area (Å²) < 4.78 is 31.7. The van der Waals surface area contributed by atoms with Crippen molar-refractivity contribution in [1.29, 1.82) is 0 Å². The van der Waals surface area contributed by atoms with Crippen LogP contribution in [0.15, 0.2) is 72.0 Å². The maximum absolute atomic E-state index is 12.4. The number of carboxylic acid groups (broad SMARTS) is 1. The van der Waals surface area contributed by atoms with Gasteiger partial charge in [0.2, 0.25) is 11.8 Å². The summed E-state index contributed by atoms with van der Waals surface area (Å²) in [5, 5.41) is 11.6. The molecule has 2 aromatic heterocycles. The van der Waals surface area contributed by atoms with Gasteiger partial charge < -0.3 is 16.2 Å². The van der Waals surface area contributed by atoms with Gasteiger partial charge >= 0.3 is 12.1 Å². The molecule has 46 heavy (non-hydrogen) atoms. The van der Waals surface area contributed by atoms with E-state index in [-0.39, 0.29) is 18.2 Å². The predicted molar refractivity (Wildman–Crippen MR) is 168 cm³/mol. The normalized spacial score (nSPS) is 13.9. The minimum absolute atomic E-state index is 0.0117. The molecule has 2 amide bonds. The van der Waals surface area contributed by atoms with Crippen LogP contribution in [0, 0.1) is 5.92 Å². The Morgan fingerprint density at radius 2 is 1.67 bits per heavy atom. The summed E-state index contributed by atoms with van der Waals surface area (Å²) in [6.45, 7) is 2.86. The number of fused-ring (bicyclic) bond motifs is 1. The number of hydrogen-bond acceptors (Lipinski definition) is 8. The van der Waals surface area contributed by atoms with Crippen LogP contribution in [0.5, 0.6) is 0 Å². The quantitative estimate of drug-likeness (QED) is 0.169. The van der Waals surface area contributed by atoms with E-state index in [2.05, 4.69) is 62.6 Å². The highest BCUT2D eigenvalue weighted by Gasteiger charge is 2.38. The van der Waals surface area contributed by atoms with Crippen LogP contribution >= 0.6 is 11.8 Å². The first-order valence-electron chi connectivity index (χ1n) is 14.4. The van der Waals surface area contributed by atoms with Crippen molar-refractivity contribution in [3.8, 4) is 22.4 Å². The summed E-state index contributed by atoms with van der Waals surface area (Å²) in [5.41, 5.74) is 11.1. The lowest BCUT2D eigenvalue weighted by Gasteiger charge is -2.31. The van der Waals surface area contributed by atoms with Crippen molar-refractivity contribution in [2.75, 3.05) is 25.9 Å². The highest BCUT2D eigenvalue weighted by atomic mass is 32.2. The molecule has 14 heteroatoms. The maximum atomic E-state index is 12.4. The number of carbonyl (C=O) groups is 3. The molecule has 5 rings (SSSR count). The number of nitrogens with zero attached hydrogens (tertiary/aromatic N) is 4. The lowest BCUT2D eigenvalue weighted by Crippen LogP contribution is -2.40. The number of aromatic nitrogens is 3. The van der Waals surface area contributed by atoms with Gasteiger partial charge in [0.15, 0.2) is 10.8 Å². The number of halogens is 3. The smallest absolute Gasteiger partial charge is 0.475 e. The van der Waals surface area contributed by atoms with Gasteiger partial charge in [0, 0.05) is 48.1 Å². The van der Waals surface area contributed by atoms with Crippen LogP contribution in [0.25, 0.3) is 33.4 Å². The lowest BCUT2D eigenvalue weighted by atomic mass is 9.95. The molecule has 4 aromatic rings. The Bertz CT molecular complexity index is 1660. The minimum Gasteiger partial charge on any atom is -0.475 e. The Kier molecular flexibility index (Phi) is 11.7. The summed E-state index contributed by atoms with van der Waals surface area (Å²) in [4.78, 5) is 48.6. The van der Waals surface area contributed by atoms with Crippen LogP contribution in [-0.2, 0) is 20.9 Å². The fourth-order valence-corrected chi connectivity index (χ4v) is 5.27. The van der Waals surface area contributed by atoms with Crippen LogP contribution in [0.2, 0.25) is 0 Å². The molecule has 10 nitrogen and oxygen atoms in total. The van der Waals surface area contributed by atoms with Crippen LogP contribution in [0.3, 0.4) is 0 Å². The second-order valence-electron chi connectivity index (χ2n) is 10.6. The van der Waals surface area contributed by atoms with Gasteiger partial charge in [-0.3, -0.25) is 14.5 Å². The molecular weight excluding hydrogens is 621 g/mol. The van der Waals surface area contributed by atoms with Crippen LogP contribution in [0.4, 0.5) is 13.2 Å². The first kappa shape index (κ1) is 34.3. The van der Waals surface area contributed by atoms with Crippen LogP contribution < -0.4 is 11.1 Å². The molecule has 0 unspecified atom stereocenters. The number of nitrogens with one attached hydrogen (secondary N) is 1. The van der Waals surface area contributed by atoms with Gasteiger partial charge in [-0.05, 0) is 49.4 Å². The van der Waals surface area contributed by atoms with Crippen LogP contribution in [-0.4, -0.2) is 74.8 Å². The molecular formula is C32H33F3N6O4S. The number of amides is 2. The number of thioether (sulfide) groups is 1. The molecule has 0 saturated carbocycles.